The fraction of sp³-hybridized carbons (Fsp3) is 0.300. The molecule has 0 radical (unpaired) electrons. The van der Waals surface area contributed by atoms with Gasteiger partial charge in [0, 0.05) is 25.5 Å². The van der Waals surface area contributed by atoms with Crippen molar-refractivity contribution in [3.63, 3.8) is 0 Å². The molecule has 0 atom stereocenters. The summed E-state index contributed by atoms with van der Waals surface area (Å²) in [4.78, 5) is 27.9. The second-order valence-corrected chi connectivity index (χ2v) is 3.15. The second-order valence-electron chi connectivity index (χ2n) is 3.15. The molecular weight excluding hydrogens is 208 g/mol. The molecule has 16 heavy (non-hydrogen) atoms. The van der Waals surface area contributed by atoms with Gasteiger partial charge in [-0.05, 0) is 24.6 Å². The van der Waals surface area contributed by atoms with Crippen LogP contribution in [-0.2, 0) is 16.1 Å². The van der Waals surface area contributed by atoms with Crippen LogP contribution >= 0.6 is 0 Å². The molecule has 0 aliphatic rings. The smallest absolute Gasteiger partial charge is 0.323 e. The summed E-state index contributed by atoms with van der Waals surface area (Å²) in [7, 11) is 0. The number of amides is 2. The van der Waals surface area contributed by atoms with E-state index in [9.17, 15) is 9.59 Å². The maximum atomic E-state index is 11.5. The first-order valence-electron chi connectivity index (χ1n) is 4.87. The van der Waals surface area contributed by atoms with Crippen molar-refractivity contribution in [2.24, 2.45) is 5.84 Å². The van der Waals surface area contributed by atoms with Gasteiger partial charge in [0.1, 0.15) is 0 Å². The summed E-state index contributed by atoms with van der Waals surface area (Å²) in [6, 6.07) is 3.58. The Morgan fingerprint density at radius 3 is 2.56 bits per heavy atom. The van der Waals surface area contributed by atoms with Gasteiger partial charge in [0.05, 0.1) is 0 Å². The van der Waals surface area contributed by atoms with E-state index in [1.165, 1.54) is 4.90 Å². The van der Waals surface area contributed by atoms with Gasteiger partial charge < -0.3 is 4.90 Å². The van der Waals surface area contributed by atoms with Gasteiger partial charge >= 0.3 is 11.8 Å². The van der Waals surface area contributed by atoms with E-state index in [0.717, 1.165) is 5.56 Å². The lowest BCUT2D eigenvalue weighted by atomic mass is 10.2. The normalized spacial score (nSPS) is 9.62. The molecule has 0 fully saturated rings. The number of nitrogens with one attached hydrogen (secondary N) is 1. The molecule has 0 saturated heterocycles. The minimum Gasteiger partial charge on any atom is -0.330 e. The van der Waals surface area contributed by atoms with Crippen molar-refractivity contribution in [2.45, 2.75) is 13.5 Å². The van der Waals surface area contributed by atoms with Gasteiger partial charge in [-0.25, -0.2) is 5.84 Å². The van der Waals surface area contributed by atoms with Gasteiger partial charge in [-0.15, -0.1) is 0 Å². The molecule has 0 saturated carbocycles. The number of hydrogen-bond donors (Lipinski definition) is 2. The molecule has 1 aromatic heterocycles. The van der Waals surface area contributed by atoms with Gasteiger partial charge in [0.15, 0.2) is 0 Å². The molecule has 0 aromatic carbocycles. The van der Waals surface area contributed by atoms with Crippen LogP contribution in [0.25, 0.3) is 0 Å². The van der Waals surface area contributed by atoms with E-state index < -0.39 is 11.8 Å². The topological polar surface area (TPSA) is 88.3 Å². The first-order valence-corrected chi connectivity index (χ1v) is 4.87. The maximum absolute atomic E-state index is 11.5. The Kier molecular flexibility index (Phi) is 4.41. The third-order valence-electron chi connectivity index (χ3n) is 2.12. The van der Waals surface area contributed by atoms with E-state index in [1.54, 1.807) is 31.5 Å². The number of carbonyl (C=O) groups excluding carboxylic acids is 2. The monoisotopic (exact) mass is 222 g/mol. The van der Waals surface area contributed by atoms with Crippen molar-refractivity contribution in [1.29, 1.82) is 0 Å². The molecule has 0 aliphatic heterocycles. The van der Waals surface area contributed by atoms with Crippen molar-refractivity contribution in [3.05, 3.63) is 30.1 Å². The number of nitrogens with zero attached hydrogens (tertiary/aromatic N) is 2. The van der Waals surface area contributed by atoms with Crippen molar-refractivity contribution < 1.29 is 9.59 Å². The van der Waals surface area contributed by atoms with Crippen molar-refractivity contribution in [1.82, 2.24) is 15.3 Å². The molecule has 2 amide bonds. The lowest BCUT2D eigenvalue weighted by Crippen LogP contribution is -2.45. The Labute approximate surface area is 93.4 Å². The third kappa shape index (κ3) is 3.03. The Bertz CT molecular complexity index is 366. The van der Waals surface area contributed by atoms with Crippen LogP contribution in [0.4, 0.5) is 0 Å². The van der Waals surface area contributed by atoms with Crippen LogP contribution in [-0.4, -0.2) is 28.2 Å². The largest absolute Gasteiger partial charge is 0.330 e. The highest BCUT2D eigenvalue weighted by atomic mass is 16.2. The first kappa shape index (κ1) is 12.1. The van der Waals surface area contributed by atoms with Gasteiger partial charge in [-0.3, -0.25) is 20.0 Å². The fourth-order valence-corrected chi connectivity index (χ4v) is 1.24. The first-order chi connectivity index (χ1) is 7.69. The van der Waals surface area contributed by atoms with Crippen LogP contribution in [0.3, 0.4) is 0 Å². The molecule has 6 heteroatoms. The summed E-state index contributed by atoms with van der Waals surface area (Å²) >= 11 is 0. The molecule has 0 unspecified atom stereocenters. The Morgan fingerprint density at radius 1 is 1.44 bits per heavy atom. The minimum atomic E-state index is -0.809. The van der Waals surface area contributed by atoms with E-state index in [-0.39, 0.29) is 0 Å². The number of aromatic nitrogens is 1. The Balaban J connectivity index is 2.69. The Hall–Kier alpha value is -1.95. The molecular formula is C10H14N4O2. The summed E-state index contributed by atoms with van der Waals surface area (Å²) in [6.45, 7) is 2.60. The Morgan fingerprint density at radius 2 is 2.06 bits per heavy atom. The number of hydrazine groups is 1. The molecule has 1 aromatic rings. The number of hydrogen-bond acceptors (Lipinski definition) is 4. The van der Waals surface area contributed by atoms with Gasteiger partial charge in [0.2, 0.25) is 0 Å². The zero-order valence-corrected chi connectivity index (χ0v) is 9.01. The lowest BCUT2D eigenvalue weighted by molar-refractivity contribution is -0.146. The highest BCUT2D eigenvalue weighted by Crippen LogP contribution is 2.03. The highest BCUT2D eigenvalue weighted by molar-refractivity contribution is 6.34. The minimum absolute atomic E-state index is 0.366. The van der Waals surface area contributed by atoms with Crippen LogP contribution in [0.2, 0.25) is 0 Å². The van der Waals surface area contributed by atoms with Crippen molar-refractivity contribution in [2.75, 3.05) is 6.54 Å². The average Bonchev–Trinajstić information content (AvgIpc) is 2.35. The van der Waals surface area contributed by atoms with Crippen molar-refractivity contribution in [3.8, 4) is 0 Å². The zero-order valence-electron chi connectivity index (χ0n) is 9.01. The highest BCUT2D eigenvalue weighted by Gasteiger charge is 2.19. The van der Waals surface area contributed by atoms with Gasteiger partial charge in [-0.1, -0.05) is 0 Å². The van der Waals surface area contributed by atoms with Gasteiger partial charge in [-0.2, -0.15) is 0 Å². The summed E-state index contributed by atoms with van der Waals surface area (Å²) < 4.78 is 0. The molecule has 6 nitrogen and oxygen atoms in total. The van der Waals surface area contributed by atoms with Crippen LogP contribution in [0.1, 0.15) is 12.5 Å². The maximum Gasteiger partial charge on any atom is 0.323 e. The summed E-state index contributed by atoms with van der Waals surface area (Å²) in [5.74, 6) is 3.46. The van der Waals surface area contributed by atoms with E-state index in [1.807, 2.05) is 5.43 Å². The quantitative estimate of drug-likeness (QED) is 0.310. The fourth-order valence-electron chi connectivity index (χ4n) is 1.24. The predicted octanol–water partition coefficient (Wildman–Crippen LogP) is -0.580. The number of likely N-dealkylation sites (N-methyl/N-ethyl adjacent to an activating group) is 1. The molecule has 1 rings (SSSR count). The second kappa shape index (κ2) is 5.82. The van der Waals surface area contributed by atoms with Crippen LogP contribution in [0.5, 0.6) is 0 Å². The number of pyridine rings is 1. The van der Waals surface area contributed by atoms with Crippen molar-refractivity contribution >= 4 is 11.8 Å². The molecule has 1 heterocycles. The SMILES string of the molecule is CCN(Cc1ccncc1)C(=O)C(=O)NN. The predicted molar refractivity (Wildman–Crippen MR) is 57.7 cm³/mol. The number of carbonyl (C=O) groups is 2. The van der Waals surface area contributed by atoms with E-state index in [0.29, 0.717) is 13.1 Å². The average molecular weight is 222 g/mol. The van der Waals surface area contributed by atoms with Gasteiger partial charge in [0.25, 0.3) is 0 Å². The standard InChI is InChI=1S/C10H14N4O2/c1-2-14(10(16)9(15)13-11)7-8-3-5-12-6-4-8/h3-6H,2,7,11H2,1H3,(H,13,15). The van der Waals surface area contributed by atoms with E-state index in [2.05, 4.69) is 4.98 Å². The molecule has 86 valence electrons. The number of rotatable bonds is 3. The zero-order chi connectivity index (χ0) is 12.0. The van der Waals surface area contributed by atoms with Crippen LogP contribution in [0, 0.1) is 0 Å². The summed E-state index contributed by atoms with van der Waals surface area (Å²) in [5, 5.41) is 0. The van der Waals surface area contributed by atoms with E-state index >= 15 is 0 Å². The van der Waals surface area contributed by atoms with Crippen LogP contribution < -0.4 is 11.3 Å². The summed E-state index contributed by atoms with van der Waals surface area (Å²) in [5.41, 5.74) is 2.73. The molecule has 0 spiro atoms. The van der Waals surface area contributed by atoms with E-state index in [4.69, 9.17) is 5.84 Å². The lowest BCUT2D eigenvalue weighted by Gasteiger charge is -2.19. The van der Waals surface area contributed by atoms with Crippen LogP contribution in [0.15, 0.2) is 24.5 Å². The molecule has 0 bridgehead atoms. The number of nitrogens with two attached hydrogens (primary N) is 1. The molecule has 3 N–H and O–H groups in total. The third-order valence-corrected chi connectivity index (χ3v) is 2.12. The molecule has 0 aliphatic carbocycles. The summed E-state index contributed by atoms with van der Waals surface area (Å²) in [6.07, 6.45) is 3.27.